The van der Waals surface area contributed by atoms with Crippen molar-refractivity contribution >= 4 is 56.6 Å². The lowest BCUT2D eigenvalue weighted by Gasteiger charge is -2.05. The lowest BCUT2D eigenvalue weighted by atomic mass is 10.2. The van der Waals surface area contributed by atoms with Crippen molar-refractivity contribution in [2.24, 2.45) is 4.99 Å². The Hall–Kier alpha value is -2.22. The number of carbonyl (C=O) groups excluding carboxylic acids is 2. The quantitative estimate of drug-likeness (QED) is 0.578. The summed E-state index contributed by atoms with van der Waals surface area (Å²) in [5, 5.41) is 0.589. The number of hydrogen-bond acceptors (Lipinski definition) is 4. The van der Waals surface area contributed by atoms with Crippen LogP contribution in [0.2, 0.25) is 10.0 Å². The van der Waals surface area contributed by atoms with E-state index in [2.05, 4.69) is 4.99 Å². The fourth-order valence-corrected chi connectivity index (χ4v) is 4.05. The number of nitrogens with zero attached hydrogens (tertiary/aromatic N) is 2. The molecule has 0 aliphatic carbocycles. The fourth-order valence-electron chi connectivity index (χ4n) is 2.48. The third kappa shape index (κ3) is 4.37. The maximum absolute atomic E-state index is 14.3. The zero-order chi connectivity index (χ0) is 19.6. The molecule has 1 heterocycles. The van der Waals surface area contributed by atoms with Crippen LogP contribution in [-0.4, -0.2) is 23.1 Å². The number of fused-ring (bicyclic) bond motifs is 1. The molecule has 0 saturated heterocycles. The predicted molar refractivity (Wildman–Crippen MR) is 103 cm³/mol. The zero-order valence-electron chi connectivity index (χ0n) is 14.0. The van der Waals surface area contributed by atoms with Crippen LogP contribution in [0.1, 0.15) is 17.3 Å². The number of benzene rings is 2. The molecular formula is C18H13Cl2FN2O3S. The molecule has 1 amide bonds. The Bertz CT molecular complexity index is 1090. The standard InChI is InChI=1S/C18H13Cl2FN2O3S/c1-2-26-15(24)9-23-16-13(21)4-3-5-14(16)27-18(23)22-17(25)10-6-11(19)8-12(20)7-10/h3-8H,2,9H2,1H3. The molecule has 0 N–H and O–H groups in total. The summed E-state index contributed by atoms with van der Waals surface area (Å²) in [6, 6.07) is 8.87. The van der Waals surface area contributed by atoms with Crippen LogP contribution >= 0.6 is 34.5 Å². The second kappa shape index (κ2) is 8.21. The molecule has 3 aromatic rings. The lowest BCUT2D eigenvalue weighted by Crippen LogP contribution is -2.23. The topological polar surface area (TPSA) is 60.7 Å². The highest BCUT2D eigenvalue weighted by Gasteiger charge is 2.16. The van der Waals surface area contributed by atoms with Gasteiger partial charge in [-0.2, -0.15) is 4.99 Å². The number of carbonyl (C=O) groups is 2. The minimum atomic E-state index is -0.607. The van der Waals surface area contributed by atoms with Gasteiger partial charge in [-0.1, -0.05) is 40.6 Å². The first-order valence-electron chi connectivity index (χ1n) is 7.87. The van der Waals surface area contributed by atoms with E-state index in [9.17, 15) is 14.0 Å². The molecule has 0 bridgehead atoms. The summed E-state index contributed by atoms with van der Waals surface area (Å²) in [5.41, 5.74) is 0.374. The van der Waals surface area contributed by atoms with Gasteiger partial charge in [0.2, 0.25) is 0 Å². The third-order valence-electron chi connectivity index (χ3n) is 3.55. The molecule has 9 heteroatoms. The summed E-state index contributed by atoms with van der Waals surface area (Å²) >= 11 is 12.9. The van der Waals surface area contributed by atoms with Gasteiger partial charge in [0.1, 0.15) is 12.4 Å². The fraction of sp³-hybridized carbons (Fsp3) is 0.167. The molecule has 0 radical (unpaired) electrons. The van der Waals surface area contributed by atoms with Gasteiger partial charge in [-0.3, -0.25) is 9.59 Å². The van der Waals surface area contributed by atoms with Gasteiger partial charge in [-0.05, 0) is 37.3 Å². The molecule has 3 rings (SSSR count). The van der Waals surface area contributed by atoms with E-state index < -0.39 is 17.7 Å². The molecule has 140 valence electrons. The monoisotopic (exact) mass is 426 g/mol. The Balaban J connectivity index is 2.14. The molecule has 0 aliphatic heterocycles. The van der Waals surface area contributed by atoms with E-state index in [1.807, 2.05) is 0 Å². The van der Waals surface area contributed by atoms with Crippen molar-refractivity contribution in [3.63, 3.8) is 0 Å². The van der Waals surface area contributed by atoms with Crippen molar-refractivity contribution in [3.05, 3.63) is 62.6 Å². The van der Waals surface area contributed by atoms with Crippen LogP contribution in [0, 0.1) is 5.82 Å². The third-order valence-corrected chi connectivity index (χ3v) is 5.03. The molecule has 0 fully saturated rings. The van der Waals surface area contributed by atoms with Gasteiger partial charge in [0.15, 0.2) is 4.80 Å². The lowest BCUT2D eigenvalue weighted by molar-refractivity contribution is -0.143. The molecule has 5 nitrogen and oxygen atoms in total. The highest BCUT2D eigenvalue weighted by molar-refractivity contribution is 7.16. The van der Waals surface area contributed by atoms with Crippen LogP contribution in [0.4, 0.5) is 4.39 Å². The summed E-state index contributed by atoms with van der Waals surface area (Å²) in [6.45, 7) is 1.60. The smallest absolute Gasteiger partial charge is 0.326 e. The van der Waals surface area contributed by atoms with Crippen molar-refractivity contribution in [1.82, 2.24) is 4.57 Å². The summed E-state index contributed by atoms with van der Waals surface area (Å²) in [4.78, 5) is 28.7. The number of amides is 1. The Morgan fingerprint density at radius 2 is 1.93 bits per heavy atom. The number of halogens is 3. The first-order valence-corrected chi connectivity index (χ1v) is 9.45. The second-order valence-corrected chi connectivity index (χ2v) is 7.32. The molecule has 0 unspecified atom stereocenters. The van der Waals surface area contributed by atoms with Gasteiger partial charge in [0.25, 0.3) is 5.91 Å². The Kier molecular flexibility index (Phi) is 5.94. The predicted octanol–water partition coefficient (Wildman–Crippen LogP) is 4.45. The molecule has 0 atom stereocenters. The maximum Gasteiger partial charge on any atom is 0.326 e. The molecule has 0 spiro atoms. The summed E-state index contributed by atoms with van der Waals surface area (Å²) in [5.74, 6) is -1.68. The first kappa shape index (κ1) is 19.5. The van der Waals surface area contributed by atoms with Crippen molar-refractivity contribution in [1.29, 1.82) is 0 Å². The number of thiazole rings is 1. The summed E-state index contributed by atoms with van der Waals surface area (Å²) < 4.78 is 21.2. The number of esters is 1. The number of rotatable bonds is 4. The van der Waals surface area contributed by atoms with E-state index in [4.69, 9.17) is 27.9 Å². The van der Waals surface area contributed by atoms with Crippen LogP contribution < -0.4 is 4.80 Å². The molecule has 0 saturated carbocycles. The second-order valence-electron chi connectivity index (χ2n) is 5.44. The Labute approximate surface area is 167 Å². The Morgan fingerprint density at radius 3 is 2.59 bits per heavy atom. The molecular weight excluding hydrogens is 414 g/mol. The molecule has 2 aromatic carbocycles. The van der Waals surface area contributed by atoms with Crippen molar-refractivity contribution in [2.45, 2.75) is 13.5 Å². The minimum absolute atomic E-state index is 0.171. The number of para-hydroxylation sites is 1. The van der Waals surface area contributed by atoms with E-state index in [-0.39, 0.29) is 29.0 Å². The van der Waals surface area contributed by atoms with Crippen molar-refractivity contribution in [3.8, 4) is 0 Å². The van der Waals surface area contributed by atoms with Gasteiger partial charge in [0, 0.05) is 15.6 Å². The largest absolute Gasteiger partial charge is 0.465 e. The van der Waals surface area contributed by atoms with E-state index in [1.54, 1.807) is 19.1 Å². The van der Waals surface area contributed by atoms with Crippen LogP contribution in [-0.2, 0) is 16.1 Å². The highest BCUT2D eigenvalue weighted by atomic mass is 35.5. The van der Waals surface area contributed by atoms with Gasteiger partial charge in [-0.25, -0.2) is 4.39 Å². The highest BCUT2D eigenvalue weighted by Crippen LogP contribution is 2.22. The van der Waals surface area contributed by atoms with E-state index in [1.165, 1.54) is 28.8 Å². The number of ether oxygens (including phenoxy) is 1. The van der Waals surface area contributed by atoms with Gasteiger partial charge in [0.05, 0.1) is 16.8 Å². The Morgan fingerprint density at radius 1 is 1.22 bits per heavy atom. The van der Waals surface area contributed by atoms with Gasteiger partial charge < -0.3 is 9.30 Å². The normalized spacial score (nSPS) is 11.8. The van der Waals surface area contributed by atoms with Crippen LogP contribution in [0.15, 0.2) is 41.4 Å². The van der Waals surface area contributed by atoms with Gasteiger partial charge in [-0.15, -0.1) is 0 Å². The zero-order valence-corrected chi connectivity index (χ0v) is 16.4. The van der Waals surface area contributed by atoms with Gasteiger partial charge >= 0.3 is 5.97 Å². The SMILES string of the molecule is CCOC(=O)Cn1c(=NC(=O)c2cc(Cl)cc(Cl)c2)sc2cccc(F)c21. The van der Waals surface area contributed by atoms with Crippen LogP contribution in [0.3, 0.4) is 0 Å². The first-order chi connectivity index (χ1) is 12.9. The van der Waals surface area contributed by atoms with E-state index >= 15 is 0 Å². The van der Waals surface area contributed by atoms with Crippen molar-refractivity contribution in [2.75, 3.05) is 6.61 Å². The van der Waals surface area contributed by atoms with Crippen molar-refractivity contribution < 1.29 is 18.7 Å². The molecule has 0 aliphatic rings. The van der Waals surface area contributed by atoms with E-state index in [0.29, 0.717) is 14.7 Å². The van der Waals surface area contributed by atoms with Crippen LogP contribution in [0.25, 0.3) is 10.2 Å². The minimum Gasteiger partial charge on any atom is -0.465 e. The van der Waals surface area contributed by atoms with E-state index in [0.717, 1.165) is 11.3 Å². The summed E-state index contributed by atoms with van der Waals surface area (Å²) in [6.07, 6.45) is 0. The molecule has 1 aromatic heterocycles. The number of aromatic nitrogens is 1. The number of hydrogen-bond donors (Lipinski definition) is 0. The average molecular weight is 427 g/mol. The molecule has 27 heavy (non-hydrogen) atoms. The summed E-state index contributed by atoms with van der Waals surface area (Å²) in [7, 11) is 0. The van der Waals surface area contributed by atoms with Crippen LogP contribution in [0.5, 0.6) is 0 Å². The maximum atomic E-state index is 14.3. The average Bonchev–Trinajstić information content (AvgIpc) is 2.92.